The molecule has 1 atom stereocenters. The Bertz CT molecular complexity index is 581. The van der Waals surface area contributed by atoms with Crippen molar-refractivity contribution in [3.8, 4) is 0 Å². The van der Waals surface area contributed by atoms with E-state index < -0.39 is 5.97 Å². The van der Waals surface area contributed by atoms with Crippen LogP contribution in [0.4, 0.5) is 0 Å². The Morgan fingerprint density at radius 2 is 1.05 bits per heavy atom. The fraction of sp³-hybridized carbons (Fsp3) is 0.824. The first kappa shape index (κ1) is 36.4. The maximum absolute atomic E-state index is 12.5. The molecule has 4 nitrogen and oxygen atoms in total. The lowest BCUT2D eigenvalue weighted by Crippen LogP contribution is -2.18. The van der Waals surface area contributed by atoms with Crippen molar-refractivity contribution in [2.75, 3.05) is 0 Å². The summed E-state index contributed by atoms with van der Waals surface area (Å²) in [7, 11) is 0. The van der Waals surface area contributed by atoms with E-state index in [1.165, 1.54) is 70.6 Å². The van der Waals surface area contributed by atoms with E-state index in [0.29, 0.717) is 6.42 Å². The first-order valence-electron chi connectivity index (χ1n) is 16.3. The van der Waals surface area contributed by atoms with Crippen molar-refractivity contribution in [3.05, 3.63) is 24.3 Å². The number of rotatable bonds is 29. The van der Waals surface area contributed by atoms with Gasteiger partial charge in [0.1, 0.15) is 6.10 Å². The number of hydrogen-bond donors (Lipinski definition) is 1. The highest BCUT2D eigenvalue weighted by molar-refractivity contribution is 5.69. The zero-order valence-electron chi connectivity index (χ0n) is 25.2. The molecule has 0 bridgehead atoms. The molecule has 0 aliphatic rings. The molecular weight excluding hydrogens is 472 g/mol. The van der Waals surface area contributed by atoms with Crippen LogP contribution in [0.3, 0.4) is 0 Å². The lowest BCUT2D eigenvalue weighted by Gasteiger charge is -2.18. The SMILES string of the molecule is CCCC/C=C\C/C=C\CCCCCCCC(=O)OC(CCCCCCCC)CCCCCCCC(=O)O. The quantitative estimate of drug-likeness (QED) is 0.0589. The summed E-state index contributed by atoms with van der Waals surface area (Å²) in [6.07, 6.45) is 36.1. The second-order valence-electron chi connectivity index (χ2n) is 11.0. The molecule has 0 saturated heterocycles. The van der Waals surface area contributed by atoms with Crippen LogP contribution in [0, 0.1) is 0 Å². The smallest absolute Gasteiger partial charge is 0.306 e. The van der Waals surface area contributed by atoms with Crippen LogP contribution in [0.15, 0.2) is 24.3 Å². The molecule has 0 amide bonds. The lowest BCUT2D eigenvalue weighted by atomic mass is 10.0. The third kappa shape index (κ3) is 29.0. The van der Waals surface area contributed by atoms with Crippen LogP contribution in [0.25, 0.3) is 0 Å². The Morgan fingerprint density at radius 3 is 1.63 bits per heavy atom. The minimum Gasteiger partial charge on any atom is -0.481 e. The number of allylic oxidation sites excluding steroid dienone is 4. The maximum atomic E-state index is 12.5. The Balaban J connectivity index is 3.98. The number of carboxylic acids is 1. The monoisotopic (exact) mass is 534 g/mol. The van der Waals surface area contributed by atoms with E-state index in [9.17, 15) is 9.59 Å². The number of carbonyl (C=O) groups excluding carboxylic acids is 1. The number of unbranched alkanes of at least 4 members (excludes halogenated alkanes) is 16. The first-order chi connectivity index (χ1) is 18.6. The Kier molecular flexibility index (Phi) is 28.7. The Hall–Kier alpha value is -1.58. The molecule has 0 heterocycles. The molecule has 0 fully saturated rings. The zero-order chi connectivity index (χ0) is 27.9. The summed E-state index contributed by atoms with van der Waals surface area (Å²) in [4.78, 5) is 23.1. The van der Waals surface area contributed by atoms with Crippen molar-refractivity contribution >= 4 is 11.9 Å². The summed E-state index contributed by atoms with van der Waals surface area (Å²) in [5, 5.41) is 8.75. The lowest BCUT2D eigenvalue weighted by molar-refractivity contribution is -0.150. The topological polar surface area (TPSA) is 63.6 Å². The Morgan fingerprint density at radius 1 is 0.579 bits per heavy atom. The fourth-order valence-electron chi connectivity index (χ4n) is 4.73. The molecule has 0 aliphatic heterocycles. The van der Waals surface area contributed by atoms with E-state index >= 15 is 0 Å². The average molecular weight is 535 g/mol. The molecule has 0 saturated carbocycles. The van der Waals surface area contributed by atoms with Crippen molar-refractivity contribution < 1.29 is 19.4 Å². The highest BCUT2D eigenvalue weighted by Gasteiger charge is 2.14. The van der Waals surface area contributed by atoms with E-state index in [-0.39, 0.29) is 18.5 Å². The van der Waals surface area contributed by atoms with Gasteiger partial charge in [0.05, 0.1) is 0 Å². The van der Waals surface area contributed by atoms with Gasteiger partial charge in [-0.25, -0.2) is 0 Å². The summed E-state index contributed by atoms with van der Waals surface area (Å²) < 4.78 is 5.92. The van der Waals surface area contributed by atoms with Gasteiger partial charge < -0.3 is 9.84 Å². The summed E-state index contributed by atoms with van der Waals surface area (Å²) in [5.41, 5.74) is 0. The van der Waals surface area contributed by atoms with Gasteiger partial charge in [-0.15, -0.1) is 0 Å². The van der Waals surface area contributed by atoms with E-state index in [4.69, 9.17) is 9.84 Å². The van der Waals surface area contributed by atoms with Gasteiger partial charge in [-0.05, 0) is 64.2 Å². The number of carbonyl (C=O) groups is 2. The van der Waals surface area contributed by atoms with Gasteiger partial charge in [0.25, 0.3) is 0 Å². The van der Waals surface area contributed by atoms with E-state index in [1.54, 1.807) is 0 Å². The molecule has 0 aliphatic carbocycles. The predicted octanol–water partition coefficient (Wildman–Crippen LogP) is 10.9. The summed E-state index contributed by atoms with van der Waals surface area (Å²) in [6.45, 7) is 4.47. The van der Waals surface area contributed by atoms with Crippen LogP contribution in [0.1, 0.15) is 174 Å². The standard InChI is InChI=1S/C34H62O4/c1-3-5-7-9-11-12-13-14-15-16-17-18-23-27-31-34(37)38-32(28-24-20-10-8-6-4-2)29-25-21-19-22-26-30-33(35)36/h9,11,13-14,32H,3-8,10,12,15-31H2,1-2H3,(H,35,36)/b11-9-,14-13-. The maximum Gasteiger partial charge on any atom is 0.306 e. The molecule has 1 N–H and O–H groups in total. The molecule has 0 spiro atoms. The average Bonchev–Trinajstić information content (AvgIpc) is 2.89. The van der Waals surface area contributed by atoms with Crippen LogP contribution < -0.4 is 0 Å². The van der Waals surface area contributed by atoms with Crippen LogP contribution >= 0.6 is 0 Å². The normalized spacial score (nSPS) is 12.5. The predicted molar refractivity (Wildman–Crippen MR) is 163 cm³/mol. The van der Waals surface area contributed by atoms with Crippen LogP contribution in [0.2, 0.25) is 0 Å². The van der Waals surface area contributed by atoms with Gasteiger partial charge in [-0.1, -0.05) is 122 Å². The van der Waals surface area contributed by atoms with Gasteiger partial charge in [-0.2, -0.15) is 0 Å². The molecule has 222 valence electrons. The number of hydrogen-bond acceptors (Lipinski definition) is 3. The molecule has 0 aromatic carbocycles. The summed E-state index contributed by atoms with van der Waals surface area (Å²) in [6, 6.07) is 0. The molecule has 0 rings (SSSR count). The van der Waals surface area contributed by atoms with E-state index in [1.807, 2.05) is 0 Å². The van der Waals surface area contributed by atoms with Crippen molar-refractivity contribution in [2.45, 2.75) is 180 Å². The van der Waals surface area contributed by atoms with E-state index in [0.717, 1.165) is 77.0 Å². The van der Waals surface area contributed by atoms with E-state index in [2.05, 4.69) is 38.2 Å². The van der Waals surface area contributed by atoms with Gasteiger partial charge in [0, 0.05) is 12.8 Å². The highest BCUT2D eigenvalue weighted by atomic mass is 16.5. The molecule has 0 radical (unpaired) electrons. The van der Waals surface area contributed by atoms with Crippen LogP contribution in [0.5, 0.6) is 0 Å². The molecule has 0 aromatic heterocycles. The van der Waals surface area contributed by atoms with Crippen molar-refractivity contribution in [1.29, 1.82) is 0 Å². The van der Waals surface area contributed by atoms with Crippen LogP contribution in [-0.2, 0) is 14.3 Å². The fourth-order valence-corrected chi connectivity index (χ4v) is 4.73. The number of aliphatic carboxylic acids is 1. The molecule has 1 unspecified atom stereocenters. The van der Waals surface area contributed by atoms with Gasteiger partial charge in [0.15, 0.2) is 0 Å². The van der Waals surface area contributed by atoms with Crippen molar-refractivity contribution in [1.82, 2.24) is 0 Å². The third-order valence-electron chi connectivity index (χ3n) is 7.18. The minimum absolute atomic E-state index is 0.0163. The highest BCUT2D eigenvalue weighted by Crippen LogP contribution is 2.18. The van der Waals surface area contributed by atoms with Crippen LogP contribution in [-0.4, -0.2) is 23.1 Å². The Labute approximate surface area is 236 Å². The second kappa shape index (κ2) is 30.0. The molecule has 4 heteroatoms. The largest absolute Gasteiger partial charge is 0.481 e. The molecular formula is C34H62O4. The number of esters is 1. The number of ether oxygens (including phenoxy) is 1. The summed E-state index contributed by atoms with van der Waals surface area (Å²) >= 11 is 0. The molecule has 38 heavy (non-hydrogen) atoms. The minimum atomic E-state index is -0.704. The van der Waals surface area contributed by atoms with Crippen molar-refractivity contribution in [3.63, 3.8) is 0 Å². The van der Waals surface area contributed by atoms with Gasteiger partial charge in [0.2, 0.25) is 0 Å². The number of carboxylic acid groups (broad SMARTS) is 1. The summed E-state index contributed by atoms with van der Waals surface area (Å²) in [5.74, 6) is -0.720. The van der Waals surface area contributed by atoms with Gasteiger partial charge in [-0.3, -0.25) is 9.59 Å². The van der Waals surface area contributed by atoms with Gasteiger partial charge >= 0.3 is 11.9 Å². The first-order valence-corrected chi connectivity index (χ1v) is 16.3. The van der Waals surface area contributed by atoms with Crippen molar-refractivity contribution in [2.24, 2.45) is 0 Å². The second-order valence-corrected chi connectivity index (χ2v) is 11.0. The zero-order valence-corrected chi connectivity index (χ0v) is 25.2. The molecule has 0 aromatic rings. The third-order valence-corrected chi connectivity index (χ3v) is 7.18.